The Bertz CT molecular complexity index is 1140. The molecule has 0 aromatic heterocycles. The predicted molar refractivity (Wildman–Crippen MR) is 131 cm³/mol. The van der Waals surface area contributed by atoms with Crippen molar-refractivity contribution in [2.45, 2.75) is 32.6 Å². The Hall–Kier alpha value is -3.71. The molecule has 2 N–H and O–H groups in total. The van der Waals surface area contributed by atoms with Gasteiger partial charge in [-0.25, -0.2) is 4.39 Å². The molecule has 0 radical (unpaired) electrons. The van der Waals surface area contributed by atoms with Crippen molar-refractivity contribution in [2.24, 2.45) is 0 Å². The first-order valence-electron chi connectivity index (χ1n) is 11.3. The summed E-state index contributed by atoms with van der Waals surface area (Å²) in [7, 11) is 0. The number of rotatable bonds is 6. The lowest BCUT2D eigenvalue weighted by atomic mass is 10.1. The number of benzene rings is 3. The van der Waals surface area contributed by atoms with Gasteiger partial charge in [-0.05, 0) is 67.9 Å². The lowest BCUT2D eigenvalue weighted by Gasteiger charge is -2.37. The minimum Gasteiger partial charge on any atom is -0.372 e. The first-order chi connectivity index (χ1) is 16.4. The van der Waals surface area contributed by atoms with E-state index in [1.54, 1.807) is 54.6 Å². The van der Waals surface area contributed by atoms with Crippen LogP contribution in [0.4, 0.5) is 15.8 Å². The molecule has 34 heavy (non-hydrogen) atoms. The number of halogens is 1. The summed E-state index contributed by atoms with van der Waals surface area (Å²) in [4.78, 5) is 26.8. The van der Waals surface area contributed by atoms with Gasteiger partial charge in [0, 0.05) is 36.4 Å². The maximum atomic E-state index is 14.8. The number of hydrogen-bond donors (Lipinski definition) is 2. The standard InChI is InChI=1S/C27H28FN3O3/c1-18-16-31(17-19(2)34-18)25-13-8-20(14-24(25)28)15-29-26(32)22-9-11-23(12-10-22)30-27(33)21-6-4-3-5-7-21/h3-14,18-19H,15-17H2,1-2H3,(H,29,32)(H,30,33). The molecule has 0 saturated carbocycles. The van der Waals surface area contributed by atoms with E-state index in [0.29, 0.717) is 41.2 Å². The summed E-state index contributed by atoms with van der Waals surface area (Å²) in [5, 5.41) is 5.62. The molecule has 0 bridgehead atoms. The molecule has 4 rings (SSSR count). The van der Waals surface area contributed by atoms with Crippen LogP contribution in [0.3, 0.4) is 0 Å². The number of nitrogens with zero attached hydrogens (tertiary/aromatic N) is 1. The molecule has 2 unspecified atom stereocenters. The molecule has 1 fully saturated rings. The van der Waals surface area contributed by atoms with Crippen LogP contribution in [0.15, 0.2) is 72.8 Å². The first-order valence-corrected chi connectivity index (χ1v) is 11.3. The number of anilines is 2. The third kappa shape index (κ3) is 5.80. The summed E-state index contributed by atoms with van der Waals surface area (Å²) in [6, 6.07) is 20.6. The van der Waals surface area contributed by atoms with E-state index >= 15 is 0 Å². The van der Waals surface area contributed by atoms with E-state index in [-0.39, 0.29) is 36.4 Å². The minimum atomic E-state index is -0.313. The molecular weight excluding hydrogens is 433 g/mol. The zero-order chi connectivity index (χ0) is 24.1. The van der Waals surface area contributed by atoms with Gasteiger partial charge in [-0.3, -0.25) is 9.59 Å². The van der Waals surface area contributed by atoms with Crippen LogP contribution >= 0.6 is 0 Å². The number of carbonyl (C=O) groups excluding carboxylic acids is 2. The fourth-order valence-electron chi connectivity index (χ4n) is 4.07. The molecule has 3 aromatic carbocycles. The number of morpholine rings is 1. The summed E-state index contributed by atoms with van der Waals surface area (Å²) in [6.45, 7) is 5.44. The minimum absolute atomic E-state index is 0.0418. The molecule has 0 spiro atoms. The largest absolute Gasteiger partial charge is 0.372 e. The normalized spacial score (nSPS) is 17.8. The second kappa shape index (κ2) is 10.5. The molecule has 176 valence electrons. The molecule has 6 nitrogen and oxygen atoms in total. The second-order valence-electron chi connectivity index (χ2n) is 8.53. The van der Waals surface area contributed by atoms with E-state index in [9.17, 15) is 14.0 Å². The van der Waals surface area contributed by atoms with E-state index in [1.807, 2.05) is 30.9 Å². The number of carbonyl (C=O) groups is 2. The van der Waals surface area contributed by atoms with Crippen LogP contribution in [0, 0.1) is 5.82 Å². The van der Waals surface area contributed by atoms with Gasteiger partial charge in [-0.15, -0.1) is 0 Å². The Morgan fingerprint density at radius 3 is 2.21 bits per heavy atom. The van der Waals surface area contributed by atoms with Crippen molar-refractivity contribution in [2.75, 3.05) is 23.3 Å². The summed E-state index contributed by atoms with van der Waals surface area (Å²) in [5.41, 5.74) is 2.82. The smallest absolute Gasteiger partial charge is 0.255 e. The highest BCUT2D eigenvalue weighted by atomic mass is 19.1. The van der Waals surface area contributed by atoms with Crippen LogP contribution in [-0.4, -0.2) is 37.1 Å². The maximum absolute atomic E-state index is 14.8. The zero-order valence-corrected chi connectivity index (χ0v) is 19.3. The Morgan fingerprint density at radius 2 is 1.56 bits per heavy atom. The Kier molecular flexibility index (Phi) is 7.23. The van der Waals surface area contributed by atoms with Crippen LogP contribution in [0.1, 0.15) is 40.1 Å². The molecule has 1 aliphatic rings. The quantitative estimate of drug-likeness (QED) is 0.562. The topological polar surface area (TPSA) is 70.7 Å². The third-order valence-corrected chi connectivity index (χ3v) is 5.67. The van der Waals surface area contributed by atoms with E-state index in [2.05, 4.69) is 10.6 Å². The van der Waals surface area contributed by atoms with E-state index in [4.69, 9.17) is 4.74 Å². The van der Waals surface area contributed by atoms with E-state index in [0.717, 1.165) is 0 Å². The average Bonchev–Trinajstić information content (AvgIpc) is 2.83. The van der Waals surface area contributed by atoms with Gasteiger partial charge in [0.1, 0.15) is 5.82 Å². The van der Waals surface area contributed by atoms with E-state index < -0.39 is 0 Å². The highest BCUT2D eigenvalue weighted by Crippen LogP contribution is 2.24. The van der Waals surface area contributed by atoms with Gasteiger partial charge in [0.2, 0.25) is 0 Å². The van der Waals surface area contributed by atoms with Crippen LogP contribution < -0.4 is 15.5 Å². The summed E-state index contributed by atoms with van der Waals surface area (Å²) in [5.74, 6) is -0.808. The number of amides is 2. The predicted octanol–water partition coefficient (Wildman–Crippen LogP) is 4.62. The third-order valence-electron chi connectivity index (χ3n) is 5.67. The molecule has 7 heteroatoms. The van der Waals surface area contributed by atoms with E-state index in [1.165, 1.54) is 6.07 Å². The second-order valence-corrected chi connectivity index (χ2v) is 8.53. The van der Waals surface area contributed by atoms with Crippen molar-refractivity contribution in [3.05, 3.63) is 95.3 Å². The van der Waals surface area contributed by atoms with Gasteiger partial charge < -0.3 is 20.3 Å². The van der Waals surface area contributed by atoms with Crippen molar-refractivity contribution >= 4 is 23.2 Å². The summed E-state index contributed by atoms with van der Waals surface area (Å²) < 4.78 is 20.5. The van der Waals surface area contributed by atoms with Crippen molar-refractivity contribution in [3.63, 3.8) is 0 Å². The molecular formula is C27H28FN3O3. The highest BCUT2D eigenvalue weighted by molar-refractivity contribution is 6.04. The van der Waals surface area contributed by atoms with Gasteiger partial charge in [-0.2, -0.15) is 0 Å². The molecule has 1 aliphatic heterocycles. The van der Waals surface area contributed by atoms with Crippen molar-refractivity contribution in [1.82, 2.24) is 5.32 Å². The SMILES string of the molecule is CC1CN(c2ccc(CNC(=O)c3ccc(NC(=O)c4ccccc4)cc3)cc2F)CC(C)O1. The zero-order valence-electron chi connectivity index (χ0n) is 19.3. The summed E-state index contributed by atoms with van der Waals surface area (Å²) in [6.07, 6.45) is 0.0836. The van der Waals surface area contributed by atoms with Crippen molar-refractivity contribution < 1.29 is 18.7 Å². The Balaban J connectivity index is 1.32. The van der Waals surface area contributed by atoms with Crippen LogP contribution in [0.2, 0.25) is 0 Å². The van der Waals surface area contributed by atoms with Gasteiger partial charge in [0.15, 0.2) is 0 Å². The molecule has 1 saturated heterocycles. The molecule has 2 amide bonds. The lowest BCUT2D eigenvalue weighted by Crippen LogP contribution is -2.45. The fourth-order valence-corrected chi connectivity index (χ4v) is 4.07. The van der Waals surface area contributed by atoms with Crippen LogP contribution in [0.25, 0.3) is 0 Å². The Morgan fingerprint density at radius 1 is 0.912 bits per heavy atom. The molecule has 1 heterocycles. The van der Waals surface area contributed by atoms with Gasteiger partial charge in [0.05, 0.1) is 17.9 Å². The fraction of sp³-hybridized carbons (Fsp3) is 0.259. The Labute approximate surface area is 198 Å². The van der Waals surface area contributed by atoms with Gasteiger partial charge >= 0.3 is 0 Å². The first kappa shape index (κ1) is 23.4. The summed E-state index contributed by atoms with van der Waals surface area (Å²) >= 11 is 0. The van der Waals surface area contributed by atoms with Gasteiger partial charge in [0.25, 0.3) is 11.8 Å². The maximum Gasteiger partial charge on any atom is 0.255 e. The lowest BCUT2D eigenvalue weighted by molar-refractivity contribution is -0.00539. The highest BCUT2D eigenvalue weighted by Gasteiger charge is 2.24. The molecule has 0 aliphatic carbocycles. The van der Waals surface area contributed by atoms with Gasteiger partial charge in [-0.1, -0.05) is 24.3 Å². The van der Waals surface area contributed by atoms with Crippen LogP contribution in [0.5, 0.6) is 0 Å². The number of nitrogens with one attached hydrogen (secondary N) is 2. The molecule has 2 atom stereocenters. The average molecular weight is 462 g/mol. The number of hydrogen-bond acceptors (Lipinski definition) is 4. The van der Waals surface area contributed by atoms with Crippen molar-refractivity contribution in [1.29, 1.82) is 0 Å². The monoisotopic (exact) mass is 461 g/mol. The number of ether oxygens (including phenoxy) is 1. The van der Waals surface area contributed by atoms with Crippen LogP contribution in [-0.2, 0) is 11.3 Å². The van der Waals surface area contributed by atoms with Crippen molar-refractivity contribution in [3.8, 4) is 0 Å². The molecule has 3 aromatic rings.